The number of hydrogen-bond donors (Lipinski definition) is 2. The van der Waals surface area contributed by atoms with E-state index in [2.05, 4.69) is 5.32 Å². The second-order valence-corrected chi connectivity index (χ2v) is 4.99. The van der Waals surface area contributed by atoms with Crippen LogP contribution >= 0.6 is 12.4 Å². The third-order valence-corrected chi connectivity index (χ3v) is 3.11. The molecule has 0 radical (unpaired) electrons. The predicted octanol–water partition coefficient (Wildman–Crippen LogP) is 2.22. The standard InChI is InChI=1S/C14H18F2N2O2.ClH/c15-14(16,8-17)9-18-13(19)11-3-1-2-4-12(11)20-7-10-5-6-10;/h1-4,10H,5-9,17H2,(H,18,19);1H. The molecule has 0 heterocycles. The van der Waals surface area contributed by atoms with Gasteiger partial charge < -0.3 is 15.8 Å². The van der Waals surface area contributed by atoms with Gasteiger partial charge in [0.25, 0.3) is 11.8 Å². The molecule has 7 heteroatoms. The molecule has 0 aliphatic heterocycles. The van der Waals surface area contributed by atoms with Crippen molar-refractivity contribution < 1.29 is 18.3 Å². The van der Waals surface area contributed by atoms with Crippen LogP contribution in [-0.2, 0) is 0 Å². The Morgan fingerprint density at radius 3 is 2.67 bits per heavy atom. The minimum absolute atomic E-state index is 0. The summed E-state index contributed by atoms with van der Waals surface area (Å²) in [5.74, 6) is -2.70. The average molecular weight is 321 g/mol. The first-order chi connectivity index (χ1) is 9.52. The lowest BCUT2D eigenvalue weighted by Crippen LogP contribution is -2.41. The van der Waals surface area contributed by atoms with E-state index in [1.54, 1.807) is 24.3 Å². The van der Waals surface area contributed by atoms with Crippen molar-refractivity contribution in [3.8, 4) is 5.75 Å². The molecule has 1 aromatic rings. The molecule has 0 unspecified atom stereocenters. The zero-order chi connectivity index (χ0) is 14.6. The van der Waals surface area contributed by atoms with Crippen molar-refractivity contribution in [3.05, 3.63) is 29.8 Å². The quantitative estimate of drug-likeness (QED) is 0.809. The van der Waals surface area contributed by atoms with E-state index in [1.165, 1.54) is 0 Å². The molecule has 1 aliphatic rings. The lowest BCUT2D eigenvalue weighted by atomic mass is 10.2. The Kier molecular flexibility index (Phi) is 6.36. The molecule has 0 bridgehead atoms. The maximum absolute atomic E-state index is 13.0. The van der Waals surface area contributed by atoms with Crippen molar-refractivity contribution in [1.82, 2.24) is 5.32 Å². The van der Waals surface area contributed by atoms with Gasteiger partial charge in [0.1, 0.15) is 5.75 Å². The third kappa shape index (κ3) is 5.47. The Morgan fingerprint density at radius 1 is 1.38 bits per heavy atom. The fourth-order valence-corrected chi connectivity index (χ4v) is 1.65. The number of benzene rings is 1. The number of carbonyl (C=O) groups excluding carboxylic acids is 1. The van der Waals surface area contributed by atoms with E-state index in [0.717, 1.165) is 12.8 Å². The third-order valence-electron chi connectivity index (χ3n) is 3.11. The number of rotatable bonds is 7. The number of carbonyl (C=O) groups is 1. The number of nitrogens with one attached hydrogen (secondary N) is 1. The summed E-state index contributed by atoms with van der Waals surface area (Å²) < 4.78 is 31.6. The molecule has 0 spiro atoms. The van der Waals surface area contributed by atoms with E-state index < -0.39 is 24.9 Å². The second-order valence-electron chi connectivity index (χ2n) is 4.99. The molecule has 1 fully saturated rings. The van der Waals surface area contributed by atoms with E-state index in [1.807, 2.05) is 0 Å². The van der Waals surface area contributed by atoms with Gasteiger partial charge in [-0.15, -0.1) is 12.4 Å². The molecule has 0 aromatic heterocycles. The van der Waals surface area contributed by atoms with Gasteiger partial charge in [0.2, 0.25) is 0 Å². The van der Waals surface area contributed by atoms with Gasteiger partial charge >= 0.3 is 0 Å². The van der Waals surface area contributed by atoms with Gasteiger partial charge in [-0.2, -0.15) is 0 Å². The van der Waals surface area contributed by atoms with Crippen LogP contribution < -0.4 is 15.8 Å². The van der Waals surface area contributed by atoms with Gasteiger partial charge in [-0.05, 0) is 30.9 Å². The molecule has 2 rings (SSSR count). The van der Waals surface area contributed by atoms with Gasteiger partial charge in [-0.3, -0.25) is 4.79 Å². The number of hydrogen-bond acceptors (Lipinski definition) is 3. The van der Waals surface area contributed by atoms with E-state index >= 15 is 0 Å². The zero-order valence-electron chi connectivity index (χ0n) is 11.5. The van der Waals surface area contributed by atoms with Crippen LogP contribution in [0.3, 0.4) is 0 Å². The maximum Gasteiger partial charge on any atom is 0.277 e. The van der Waals surface area contributed by atoms with Gasteiger partial charge in [0.15, 0.2) is 0 Å². The van der Waals surface area contributed by atoms with Gasteiger partial charge in [0, 0.05) is 0 Å². The Bertz CT molecular complexity index is 482. The smallest absolute Gasteiger partial charge is 0.277 e. The monoisotopic (exact) mass is 320 g/mol. The van der Waals surface area contributed by atoms with Crippen molar-refractivity contribution in [1.29, 1.82) is 0 Å². The normalized spacial score (nSPS) is 14.2. The largest absolute Gasteiger partial charge is 0.492 e. The Labute approximate surface area is 128 Å². The Morgan fingerprint density at radius 2 is 2.05 bits per heavy atom. The van der Waals surface area contributed by atoms with E-state index in [-0.39, 0.29) is 18.0 Å². The number of ether oxygens (including phenoxy) is 1. The van der Waals surface area contributed by atoms with Gasteiger partial charge in [-0.25, -0.2) is 8.78 Å². The summed E-state index contributed by atoms with van der Waals surface area (Å²) in [6.07, 6.45) is 2.27. The topological polar surface area (TPSA) is 64.3 Å². The number of para-hydroxylation sites is 1. The zero-order valence-corrected chi connectivity index (χ0v) is 12.3. The minimum atomic E-state index is -3.10. The highest BCUT2D eigenvalue weighted by atomic mass is 35.5. The summed E-state index contributed by atoms with van der Waals surface area (Å²) in [5, 5.41) is 2.18. The van der Waals surface area contributed by atoms with Crippen LogP contribution in [0.2, 0.25) is 0 Å². The Hall–Kier alpha value is -1.40. The number of nitrogens with two attached hydrogens (primary N) is 1. The molecular weight excluding hydrogens is 302 g/mol. The van der Waals surface area contributed by atoms with E-state index in [0.29, 0.717) is 18.3 Å². The van der Waals surface area contributed by atoms with Gasteiger partial charge in [-0.1, -0.05) is 12.1 Å². The van der Waals surface area contributed by atoms with Crippen LogP contribution in [0.4, 0.5) is 8.78 Å². The average Bonchev–Trinajstić information content (AvgIpc) is 3.27. The van der Waals surface area contributed by atoms with Crippen molar-refractivity contribution in [3.63, 3.8) is 0 Å². The van der Waals surface area contributed by atoms with Crippen molar-refractivity contribution in [2.24, 2.45) is 11.7 Å². The molecule has 3 N–H and O–H groups in total. The van der Waals surface area contributed by atoms with Crippen LogP contribution in [0, 0.1) is 5.92 Å². The molecular formula is C14H19ClF2N2O2. The van der Waals surface area contributed by atoms with Crippen LogP contribution in [0.5, 0.6) is 5.75 Å². The molecule has 21 heavy (non-hydrogen) atoms. The minimum Gasteiger partial charge on any atom is -0.492 e. The first-order valence-electron chi connectivity index (χ1n) is 6.60. The fourth-order valence-electron chi connectivity index (χ4n) is 1.65. The molecule has 4 nitrogen and oxygen atoms in total. The van der Waals surface area contributed by atoms with Crippen LogP contribution in [-0.4, -0.2) is 31.5 Å². The highest BCUT2D eigenvalue weighted by Crippen LogP contribution is 2.30. The fraction of sp³-hybridized carbons (Fsp3) is 0.500. The molecule has 118 valence electrons. The lowest BCUT2D eigenvalue weighted by molar-refractivity contribution is 0.0118. The van der Waals surface area contributed by atoms with Crippen LogP contribution in [0.25, 0.3) is 0 Å². The maximum atomic E-state index is 13.0. The first-order valence-corrected chi connectivity index (χ1v) is 6.60. The Balaban J connectivity index is 0.00000220. The summed E-state index contributed by atoms with van der Waals surface area (Å²) >= 11 is 0. The molecule has 0 atom stereocenters. The van der Waals surface area contributed by atoms with E-state index in [4.69, 9.17) is 10.5 Å². The highest BCUT2D eigenvalue weighted by molar-refractivity contribution is 5.96. The lowest BCUT2D eigenvalue weighted by Gasteiger charge is -2.16. The first kappa shape index (κ1) is 17.7. The summed E-state index contributed by atoms with van der Waals surface area (Å²) in [4.78, 5) is 11.9. The summed E-state index contributed by atoms with van der Waals surface area (Å²) in [7, 11) is 0. The molecule has 1 saturated carbocycles. The summed E-state index contributed by atoms with van der Waals surface area (Å²) in [5.41, 5.74) is 5.19. The summed E-state index contributed by atoms with van der Waals surface area (Å²) in [6, 6.07) is 6.63. The van der Waals surface area contributed by atoms with E-state index in [9.17, 15) is 13.6 Å². The number of amides is 1. The molecule has 0 saturated heterocycles. The SMILES string of the molecule is Cl.NCC(F)(F)CNC(=O)c1ccccc1OCC1CC1. The van der Waals surface area contributed by atoms with Crippen molar-refractivity contribution in [2.45, 2.75) is 18.8 Å². The number of halogens is 3. The summed E-state index contributed by atoms with van der Waals surface area (Å²) in [6.45, 7) is -1.02. The van der Waals surface area contributed by atoms with Crippen LogP contribution in [0.1, 0.15) is 23.2 Å². The predicted molar refractivity (Wildman–Crippen MR) is 78.2 cm³/mol. The number of alkyl halides is 2. The van der Waals surface area contributed by atoms with Crippen molar-refractivity contribution >= 4 is 18.3 Å². The molecule has 1 aromatic carbocycles. The highest BCUT2D eigenvalue weighted by Gasteiger charge is 2.28. The molecule has 1 amide bonds. The van der Waals surface area contributed by atoms with Gasteiger partial charge in [0.05, 0.1) is 25.3 Å². The van der Waals surface area contributed by atoms with Crippen LogP contribution in [0.15, 0.2) is 24.3 Å². The second kappa shape index (κ2) is 7.56. The molecule has 1 aliphatic carbocycles. The van der Waals surface area contributed by atoms with Crippen molar-refractivity contribution in [2.75, 3.05) is 19.7 Å².